The van der Waals surface area contributed by atoms with Gasteiger partial charge in [-0.1, -0.05) is 34.4 Å². The molecule has 0 saturated heterocycles. The van der Waals surface area contributed by atoms with Crippen molar-refractivity contribution in [1.82, 2.24) is 0 Å². The third-order valence-electron chi connectivity index (χ3n) is 2.80. The summed E-state index contributed by atoms with van der Waals surface area (Å²) in [4.78, 5) is 0. The van der Waals surface area contributed by atoms with E-state index in [1.165, 1.54) is 11.1 Å². The molecule has 0 amide bonds. The Morgan fingerprint density at radius 1 is 0.682 bits per heavy atom. The zero-order valence-corrected chi connectivity index (χ0v) is 15.0. The topological polar surface area (TPSA) is 47.6 Å². The fourth-order valence-corrected chi connectivity index (χ4v) is 1.54. The fourth-order valence-electron chi connectivity index (χ4n) is 1.54. The minimum Gasteiger partial charge on any atom is -0.193 e. The predicted octanol–water partition coefficient (Wildman–Crippen LogP) is 6.41. The summed E-state index contributed by atoms with van der Waals surface area (Å²) in [5.74, 6) is 0. The van der Waals surface area contributed by atoms with Gasteiger partial charge in [-0.25, -0.2) is 0 Å². The molecule has 120 valence electrons. The largest absolute Gasteiger partial charge is 0.193 e. The van der Waals surface area contributed by atoms with Gasteiger partial charge in [-0.2, -0.15) is 10.5 Å². The lowest BCUT2D eigenvalue weighted by molar-refractivity contribution is 0.968. The molecule has 0 rings (SSSR count). The van der Waals surface area contributed by atoms with Crippen LogP contribution in [-0.4, -0.2) is 0 Å². The van der Waals surface area contributed by atoms with Crippen molar-refractivity contribution in [3.8, 4) is 12.1 Å². The van der Waals surface area contributed by atoms with Crippen LogP contribution in [0.4, 0.5) is 0 Å². The third kappa shape index (κ3) is 20.3. The number of rotatable bonds is 6. The lowest BCUT2D eigenvalue weighted by Gasteiger charge is -1.94. The normalized spacial score (nSPS) is 10.5. The number of allylic oxidation sites excluding steroid dienone is 8. The highest BCUT2D eigenvalue weighted by atomic mass is 14.2. The lowest BCUT2D eigenvalue weighted by Crippen LogP contribution is -1.75. The van der Waals surface area contributed by atoms with Gasteiger partial charge in [-0.05, 0) is 67.2 Å². The van der Waals surface area contributed by atoms with Gasteiger partial charge in [0, 0.05) is 12.2 Å². The Morgan fingerprint density at radius 3 is 1.23 bits per heavy atom. The van der Waals surface area contributed by atoms with E-state index in [1.54, 1.807) is 12.2 Å². The van der Waals surface area contributed by atoms with Gasteiger partial charge in [0.15, 0.2) is 0 Å². The Hall–Kier alpha value is -2.06. The average molecular weight is 298 g/mol. The highest BCUT2D eigenvalue weighted by molar-refractivity contribution is 5.12. The smallest absolute Gasteiger partial charge is 0.0911 e. The van der Waals surface area contributed by atoms with Crippen molar-refractivity contribution in [3.63, 3.8) is 0 Å². The summed E-state index contributed by atoms with van der Waals surface area (Å²) in [7, 11) is 0. The molecule has 2 nitrogen and oxygen atoms in total. The first-order valence-electron chi connectivity index (χ1n) is 7.70. The molecule has 0 aromatic heterocycles. The number of hydrogen-bond acceptors (Lipinski definition) is 2. The number of nitrogens with zero attached hydrogens (tertiary/aromatic N) is 2. The van der Waals surface area contributed by atoms with E-state index in [9.17, 15) is 0 Å². The summed E-state index contributed by atoms with van der Waals surface area (Å²) in [6.07, 6.45) is 11.7. The maximum Gasteiger partial charge on any atom is 0.0911 e. The van der Waals surface area contributed by atoms with Crippen molar-refractivity contribution in [1.29, 1.82) is 10.5 Å². The second-order valence-electron chi connectivity index (χ2n) is 5.88. The molecule has 2 heteroatoms. The Morgan fingerprint density at radius 2 is 1.00 bits per heavy atom. The molecule has 0 aliphatic rings. The summed E-state index contributed by atoms with van der Waals surface area (Å²) in [5.41, 5.74) is 5.00. The van der Waals surface area contributed by atoms with Crippen LogP contribution in [0.25, 0.3) is 0 Å². The molecule has 0 aliphatic carbocycles. The van der Waals surface area contributed by atoms with E-state index in [0.29, 0.717) is 0 Å². The Labute approximate surface area is 137 Å². The van der Waals surface area contributed by atoms with E-state index in [4.69, 9.17) is 10.5 Å². The van der Waals surface area contributed by atoms with Crippen LogP contribution in [0.1, 0.15) is 67.2 Å². The molecule has 22 heavy (non-hydrogen) atoms. The van der Waals surface area contributed by atoms with Crippen molar-refractivity contribution in [2.24, 2.45) is 0 Å². The highest BCUT2D eigenvalue weighted by Gasteiger charge is 1.87. The molecule has 0 N–H and O–H groups in total. The third-order valence-corrected chi connectivity index (χ3v) is 2.80. The quantitative estimate of drug-likeness (QED) is 0.420. The molecule has 0 spiro atoms. The molecule has 0 unspecified atom stereocenters. The molecular weight excluding hydrogens is 268 g/mol. The molecule has 0 aromatic rings. The van der Waals surface area contributed by atoms with Crippen LogP contribution in [-0.2, 0) is 0 Å². The van der Waals surface area contributed by atoms with E-state index in [-0.39, 0.29) is 0 Å². The Bertz CT molecular complexity index is 447. The van der Waals surface area contributed by atoms with Crippen molar-refractivity contribution in [2.75, 3.05) is 0 Å². The molecule has 0 aliphatic heterocycles. The van der Waals surface area contributed by atoms with E-state index in [0.717, 1.165) is 36.8 Å². The van der Waals surface area contributed by atoms with E-state index < -0.39 is 0 Å². The number of nitriles is 2. The Balaban J connectivity index is 0. The minimum absolute atomic E-state index is 0.999. The van der Waals surface area contributed by atoms with Gasteiger partial charge in [0.05, 0.1) is 12.1 Å². The van der Waals surface area contributed by atoms with Crippen LogP contribution in [0.5, 0.6) is 0 Å². The van der Waals surface area contributed by atoms with E-state index in [2.05, 4.69) is 39.8 Å². The van der Waals surface area contributed by atoms with Crippen molar-refractivity contribution < 1.29 is 0 Å². The van der Waals surface area contributed by atoms with E-state index in [1.807, 2.05) is 26.0 Å². The fraction of sp³-hybridized carbons (Fsp3) is 0.500. The van der Waals surface area contributed by atoms with Crippen LogP contribution in [0, 0.1) is 22.7 Å². The van der Waals surface area contributed by atoms with Crippen LogP contribution in [0.2, 0.25) is 0 Å². The minimum atomic E-state index is 0.999. The zero-order valence-electron chi connectivity index (χ0n) is 15.0. The monoisotopic (exact) mass is 298 g/mol. The van der Waals surface area contributed by atoms with Crippen LogP contribution < -0.4 is 0 Å². The predicted molar refractivity (Wildman–Crippen MR) is 96.1 cm³/mol. The Kier molecular flexibility index (Phi) is 15.5. The van der Waals surface area contributed by atoms with Crippen LogP contribution >= 0.6 is 0 Å². The van der Waals surface area contributed by atoms with Gasteiger partial charge in [-0.3, -0.25) is 0 Å². The number of hydrogen-bond donors (Lipinski definition) is 0. The average Bonchev–Trinajstić information content (AvgIpc) is 2.39. The molecule has 0 bridgehead atoms. The second kappa shape index (κ2) is 15.3. The first-order valence-corrected chi connectivity index (χ1v) is 7.70. The van der Waals surface area contributed by atoms with Gasteiger partial charge in [0.2, 0.25) is 0 Å². The summed E-state index contributed by atoms with van der Waals surface area (Å²) in [6.45, 7) is 12.3. The zero-order chi connectivity index (χ0) is 17.4. The van der Waals surface area contributed by atoms with Gasteiger partial charge < -0.3 is 0 Å². The van der Waals surface area contributed by atoms with Crippen LogP contribution in [0.15, 0.2) is 46.6 Å². The first kappa shape index (κ1) is 22.2. The molecular formula is C20H30N2. The first-order chi connectivity index (χ1) is 10.3. The summed E-state index contributed by atoms with van der Waals surface area (Å²) in [5, 5.41) is 16.6. The lowest BCUT2D eigenvalue weighted by atomic mass is 10.1. The van der Waals surface area contributed by atoms with Crippen molar-refractivity contribution in [3.05, 3.63) is 46.6 Å². The summed E-state index contributed by atoms with van der Waals surface area (Å²) in [6, 6.07) is 4.05. The van der Waals surface area contributed by atoms with Crippen molar-refractivity contribution in [2.45, 2.75) is 67.2 Å². The second-order valence-corrected chi connectivity index (χ2v) is 5.88. The maximum atomic E-state index is 8.30. The molecule has 0 saturated carbocycles. The van der Waals surface area contributed by atoms with Gasteiger partial charge in [-0.15, -0.1) is 0 Å². The molecule has 0 radical (unpaired) electrons. The standard InChI is InChI=1S/2C10H15N/c2*1-9(2)5-4-6-10(3)7-8-11/h2*5,7H,4,6H2,1-3H3/b10-7+;. The molecule has 0 fully saturated rings. The highest BCUT2D eigenvalue weighted by Crippen LogP contribution is 2.06. The molecule has 0 heterocycles. The van der Waals surface area contributed by atoms with Crippen LogP contribution in [0.3, 0.4) is 0 Å². The SMILES string of the molecule is CC(C)=CCC/C(C)=C/C#N.CC(C)=CCCC(C)=CC#N. The summed E-state index contributed by atoms with van der Waals surface area (Å²) >= 11 is 0. The maximum absolute atomic E-state index is 8.30. The van der Waals surface area contributed by atoms with Crippen molar-refractivity contribution >= 4 is 0 Å². The van der Waals surface area contributed by atoms with Gasteiger partial charge >= 0.3 is 0 Å². The van der Waals surface area contributed by atoms with E-state index >= 15 is 0 Å². The molecule has 0 aromatic carbocycles. The molecule has 0 atom stereocenters. The van der Waals surface area contributed by atoms with Gasteiger partial charge in [0.25, 0.3) is 0 Å². The van der Waals surface area contributed by atoms with Gasteiger partial charge in [0.1, 0.15) is 0 Å². The summed E-state index contributed by atoms with van der Waals surface area (Å²) < 4.78 is 0.